The first kappa shape index (κ1) is 18.2. The van der Waals surface area contributed by atoms with E-state index in [-0.39, 0.29) is 23.5 Å². The van der Waals surface area contributed by atoms with Gasteiger partial charge in [-0.15, -0.1) is 0 Å². The molecule has 0 saturated carbocycles. The van der Waals surface area contributed by atoms with E-state index in [0.29, 0.717) is 12.3 Å². The van der Waals surface area contributed by atoms with Crippen LogP contribution in [-0.2, 0) is 0 Å². The molecule has 3 atom stereocenters. The molecule has 0 bridgehead atoms. The third kappa shape index (κ3) is 4.82. The van der Waals surface area contributed by atoms with Gasteiger partial charge in [0.05, 0.1) is 0 Å². The lowest BCUT2D eigenvalue weighted by Crippen LogP contribution is -2.45. The summed E-state index contributed by atoms with van der Waals surface area (Å²) in [4.78, 5) is 0. The average Bonchev–Trinajstić information content (AvgIpc) is 2.44. The first-order valence-electron chi connectivity index (χ1n) is 8.19. The van der Waals surface area contributed by atoms with Crippen LogP contribution in [0.1, 0.15) is 65.4 Å². The summed E-state index contributed by atoms with van der Waals surface area (Å²) in [6, 6.07) is 10.5. The Morgan fingerprint density at radius 2 is 1.71 bits per heavy atom. The maximum atomic E-state index is 9.37. The van der Waals surface area contributed by atoms with Gasteiger partial charge in [0, 0.05) is 18.1 Å². The number of nitrogens with two attached hydrogens (primary N) is 1. The van der Waals surface area contributed by atoms with E-state index in [0.717, 1.165) is 6.42 Å². The van der Waals surface area contributed by atoms with Gasteiger partial charge in [0.25, 0.3) is 0 Å². The summed E-state index contributed by atoms with van der Waals surface area (Å²) in [5, 5.41) is 9.37. The highest BCUT2D eigenvalue weighted by molar-refractivity contribution is 5.24. The third-order valence-electron chi connectivity index (χ3n) is 5.33. The van der Waals surface area contributed by atoms with E-state index in [1.165, 1.54) is 12.0 Å². The fourth-order valence-electron chi connectivity index (χ4n) is 3.11. The molecule has 3 N–H and O–H groups in total. The highest BCUT2D eigenvalue weighted by Crippen LogP contribution is 2.43. The van der Waals surface area contributed by atoms with Crippen LogP contribution in [0.4, 0.5) is 0 Å². The monoisotopic (exact) mass is 291 g/mol. The molecule has 0 amide bonds. The molecule has 21 heavy (non-hydrogen) atoms. The largest absolute Gasteiger partial charge is 0.396 e. The molecule has 120 valence electrons. The second-order valence-electron chi connectivity index (χ2n) is 7.44. The standard InChI is InChI=1S/C19H33NO/c1-6-15(2)18(3,4)14-17(19(5,20)12-13-21)16-10-8-7-9-11-16/h7-11,15,17,21H,6,12-14,20H2,1-5H3. The third-order valence-corrected chi connectivity index (χ3v) is 5.33. The van der Waals surface area contributed by atoms with Crippen LogP contribution in [0.5, 0.6) is 0 Å². The van der Waals surface area contributed by atoms with Crippen molar-refractivity contribution in [1.29, 1.82) is 0 Å². The number of rotatable bonds is 8. The SMILES string of the molecule is CCC(C)C(C)(C)CC(c1ccccc1)C(C)(N)CCO. The zero-order chi connectivity index (χ0) is 16.1. The molecular formula is C19H33NO. The molecule has 0 aliphatic rings. The van der Waals surface area contributed by atoms with Crippen molar-refractivity contribution in [2.75, 3.05) is 6.61 Å². The van der Waals surface area contributed by atoms with Crippen LogP contribution in [0, 0.1) is 11.3 Å². The molecule has 1 rings (SSSR count). The topological polar surface area (TPSA) is 46.2 Å². The van der Waals surface area contributed by atoms with Gasteiger partial charge < -0.3 is 10.8 Å². The molecule has 0 saturated heterocycles. The zero-order valence-electron chi connectivity index (χ0n) is 14.4. The lowest BCUT2D eigenvalue weighted by molar-refractivity contribution is 0.149. The summed E-state index contributed by atoms with van der Waals surface area (Å²) >= 11 is 0. The Morgan fingerprint density at radius 1 is 1.14 bits per heavy atom. The molecule has 3 unspecified atom stereocenters. The molecular weight excluding hydrogens is 258 g/mol. The van der Waals surface area contributed by atoms with Crippen LogP contribution in [-0.4, -0.2) is 17.3 Å². The summed E-state index contributed by atoms with van der Waals surface area (Å²) in [6.45, 7) is 11.5. The molecule has 0 spiro atoms. The summed E-state index contributed by atoms with van der Waals surface area (Å²) in [5.74, 6) is 0.906. The van der Waals surface area contributed by atoms with E-state index in [1.807, 2.05) is 6.07 Å². The van der Waals surface area contributed by atoms with Crippen LogP contribution < -0.4 is 5.73 Å². The normalized spacial score (nSPS) is 18.0. The second kappa shape index (κ2) is 7.42. The van der Waals surface area contributed by atoms with Crippen LogP contribution in [0.15, 0.2) is 30.3 Å². The Kier molecular flexibility index (Phi) is 6.42. The smallest absolute Gasteiger partial charge is 0.0448 e. The summed E-state index contributed by atoms with van der Waals surface area (Å²) < 4.78 is 0. The molecule has 0 radical (unpaired) electrons. The van der Waals surface area contributed by atoms with E-state index in [1.54, 1.807) is 0 Å². The van der Waals surface area contributed by atoms with Crippen LogP contribution in [0.25, 0.3) is 0 Å². The van der Waals surface area contributed by atoms with E-state index in [4.69, 9.17) is 5.73 Å². The molecule has 0 aromatic heterocycles. The number of aliphatic hydroxyl groups is 1. The Balaban J connectivity index is 3.09. The predicted molar refractivity (Wildman–Crippen MR) is 91.3 cm³/mol. The molecule has 2 heteroatoms. The Morgan fingerprint density at radius 3 is 2.19 bits per heavy atom. The summed E-state index contributed by atoms with van der Waals surface area (Å²) in [7, 11) is 0. The molecule has 0 aliphatic carbocycles. The fraction of sp³-hybridized carbons (Fsp3) is 0.684. The van der Waals surface area contributed by atoms with Gasteiger partial charge in [-0.05, 0) is 36.7 Å². The Hall–Kier alpha value is -0.860. The number of aliphatic hydroxyl groups excluding tert-OH is 1. The lowest BCUT2D eigenvalue weighted by Gasteiger charge is -2.42. The van der Waals surface area contributed by atoms with Gasteiger partial charge in [0.1, 0.15) is 0 Å². The van der Waals surface area contributed by atoms with Crippen molar-refractivity contribution in [3.63, 3.8) is 0 Å². The predicted octanol–water partition coefficient (Wildman–Crippen LogP) is 4.33. The van der Waals surface area contributed by atoms with Gasteiger partial charge in [-0.25, -0.2) is 0 Å². The second-order valence-corrected chi connectivity index (χ2v) is 7.44. The van der Waals surface area contributed by atoms with Gasteiger partial charge in [-0.2, -0.15) is 0 Å². The highest BCUT2D eigenvalue weighted by Gasteiger charge is 2.37. The highest BCUT2D eigenvalue weighted by atomic mass is 16.3. The molecule has 1 aromatic rings. The van der Waals surface area contributed by atoms with Gasteiger partial charge in [-0.1, -0.05) is 64.4 Å². The van der Waals surface area contributed by atoms with Crippen molar-refractivity contribution in [3.05, 3.63) is 35.9 Å². The van der Waals surface area contributed by atoms with Crippen molar-refractivity contribution in [2.45, 2.75) is 65.3 Å². The van der Waals surface area contributed by atoms with Crippen LogP contribution in [0.2, 0.25) is 0 Å². The van der Waals surface area contributed by atoms with Crippen molar-refractivity contribution >= 4 is 0 Å². The van der Waals surface area contributed by atoms with E-state index >= 15 is 0 Å². The summed E-state index contributed by atoms with van der Waals surface area (Å²) in [5.41, 5.74) is 7.72. The van der Waals surface area contributed by atoms with E-state index in [2.05, 4.69) is 58.9 Å². The maximum absolute atomic E-state index is 9.37. The molecule has 2 nitrogen and oxygen atoms in total. The first-order valence-corrected chi connectivity index (χ1v) is 8.19. The first-order chi connectivity index (χ1) is 9.74. The Labute approximate surface area is 130 Å². The van der Waals surface area contributed by atoms with E-state index < -0.39 is 0 Å². The van der Waals surface area contributed by atoms with Gasteiger partial charge in [0.2, 0.25) is 0 Å². The van der Waals surface area contributed by atoms with Crippen molar-refractivity contribution in [1.82, 2.24) is 0 Å². The quantitative estimate of drug-likeness (QED) is 0.748. The zero-order valence-corrected chi connectivity index (χ0v) is 14.4. The Bertz CT molecular complexity index is 411. The van der Waals surface area contributed by atoms with Gasteiger partial charge in [0.15, 0.2) is 0 Å². The lowest BCUT2D eigenvalue weighted by atomic mass is 9.66. The number of hydrogen-bond acceptors (Lipinski definition) is 2. The van der Waals surface area contributed by atoms with E-state index in [9.17, 15) is 5.11 Å². The summed E-state index contributed by atoms with van der Waals surface area (Å²) in [6.07, 6.45) is 2.85. The molecule has 1 aromatic carbocycles. The van der Waals surface area contributed by atoms with Crippen molar-refractivity contribution in [2.24, 2.45) is 17.1 Å². The number of benzene rings is 1. The fourth-order valence-corrected chi connectivity index (χ4v) is 3.11. The average molecular weight is 291 g/mol. The molecule has 0 aliphatic heterocycles. The maximum Gasteiger partial charge on any atom is 0.0448 e. The van der Waals surface area contributed by atoms with Crippen molar-refractivity contribution < 1.29 is 5.11 Å². The van der Waals surface area contributed by atoms with Crippen LogP contribution in [0.3, 0.4) is 0 Å². The van der Waals surface area contributed by atoms with Crippen molar-refractivity contribution in [3.8, 4) is 0 Å². The minimum Gasteiger partial charge on any atom is -0.396 e. The minimum absolute atomic E-state index is 0.139. The minimum atomic E-state index is -0.388. The number of hydrogen-bond donors (Lipinski definition) is 2. The van der Waals surface area contributed by atoms with Gasteiger partial charge in [-0.3, -0.25) is 0 Å². The molecule has 0 fully saturated rings. The molecule has 0 heterocycles. The van der Waals surface area contributed by atoms with Crippen LogP contribution >= 0.6 is 0 Å². The van der Waals surface area contributed by atoms with Gasteiger partial charge >= 0.3 is 0 Å².